The molecule has 122 valence electrons. The Balaban J connectivity index is 1.89. The molecule has 2 nitrogen and oxygen atoms in total. The van der Waals surface area contributed by atoms with Crippen LogP contribution in [-0.2, 0) is 19.1 Å². The Morgan fingerprint density at radius 1 is 1.09 bits per heavy atom. The summed E-state index contributed by atoms with van der Waals surface area (Å²) in [7, 11) is 1.61. The molecule has 1 aliphatic rings. The lowest BCUT2D eigenvalue weighted by molar-refractivity contribution is -0.137. The van der Waals surface area contributed by atoms with Gasteiger partial charge in [-0.15, -0.1) is 0 Å². The molecular formula is C17H15ClF3NO. The van der Waals surface area contributed by atoms with Crippen molar-refractivity contribution in [2.45, 2.75) is 19.1 Å². The number of fused-ring (bicyclic) bond motifs is 1. The first-order valence-corrected chi connectivity index (χ1v) is 7.54. The van der Waals surface area contributed by atoms with Gasteiger partial charge in [0, 0.05) is 18.8 Å². The van der Waals surface area contributed by atoms with Crippen LogP contribution in [0.4, 0.5) is 18.9 Å². The van der Waals surface area contributed by atoms with E-state index in [0.717, 1.165) is 23.8 Å². The fourth-order valence-corrected chi connectivity index (χ4v) is 3.03. The highest BCUT2D eigenvalue weighted by atomic mass is 35.5. The molecule has 0 saturated carbocycles. The van der Waals surface area contributed by atoms with E-state index in [-0.39, 0.29) is 5.02 Å². The SMILES string of the molecule is COc1ccc2c(c1)CCN(c1ccc(Cl)c(C(F)(F)F)c1)C2. The minimum atomic E-state index is -4.45. The van der Waals surface area contributed by atoms with Crippen LogP contribution >= 0.6 is 11.6 Å². The summed E-state index contributed by atoms with van der Waals surface area (Å²) in [5, 5.41) is -0.275. The number of halogens is 4. The monoisotopic (exact) mass is 341 g/mol. The van der Waals surface area contributed by atoms with Crippen molar-refractivity contribution in [3.8, 4) is 5.75 Å². The van der Waals surface area contributed by atoms with E-state index < -0.39 is 11.7 Å². The van der Waals surface area contributed by atoms with Crippen LogP contribution in [0.3, 0.4) is 0 Å². The van der Waals surface area contributed by atoms with Gasteiger partial charge in [0.1, 0.15) is 5.75 Å². The van der Waals surface area contributed by atoms with Crippen LogP contribution < -0.4 is 9.64 Å². The van der Waals surface area contributed by atoms with Gasteiger partial charge in [0.25, 0.3) is 0 Å². The summed E-state index contributed by atoms with van der Waals surface area (Å²) in [5.74, 6) is 0.794. The molecule has 0 amide bonds. The predicted octanol–water partition coefficient (Wildman–Crippen LogP) is 4.93. The molecule has 0 fully saturated rings. The minimum Gasteiger partial charge on any atom is -0.497 e. The number of nitrogens with zero attached hydrogens (tertiary/aromatic N) is 1. The number of anilines is 1. The van der Waals surface area contributed by atoms with E-state index in [1.54, 1.807) is 13.2 Å². The van der Waals surface area contributed by atoms with Crippen molar-refractivity contribution in [2.24, 2.45) is 0 Å². The summed E-state index contributed by atoms with van der Waals surface area (Å²) in [6.45, 7) is 1.22. The zero-order chi connectivity index (χ0) is 16.6. The predicted molar refractivity (Wildman–Crippen MR) is 84.2 cm³/mol. The van der Waals surface area contributed by atoms with Gasteiger partial charge in [-0.05, 0) is 47.9 Å². The molecule has 1 heterocycles. The normalized spacial score (nSPS) is 14.6. The highest BCUT2D eigenvalue weighted by Gasteiger charge is 2.34. The number of hydrogen-bond donors (Lipinski definition) is 0. The van der Waals surface area contributed by atoms with Gasteiger partial charge in [0.2, 0.25) is 0 Å². The van der Waals surface area contributed by atoms with Gasteiger partial charge in [-0.25, -0.2) is 0 Å². The summed E-state index contributed by atoms with van der Waals surface area (Å²) >= 11 is 5.68. The lowest BCUT2D eigenvalue weighted by Crippen LogP contribution is -2.30. The maximum Gasteiger partial charge on any atom is 0.417 e. The molecule has 0 N–H and O–H groups in total. The maximum atomic E-state index is 13.0. The van der Waals surface area contributed by atoms with Crippen LogP contribution in [-0.4, -0.2) is 13.7 Å². The topological polar surface area (TPSA) is 12.5 Å². The molecule has 0 radical (unpaired) electrons. The van der Waals surface area contributed by atoms with E-state index in [4.69, 9.17) is 16.3 Å². The first-order valence-electron chi connectivity index (χ1n) is 7.16. The minimum absolute atomic E-state index is 0.275. The van der Waals surface area contributed by atoms with Crippen LogP contribution in [0.5, 0.6) is 5.75 Å². The Bertz CT molecular complexity index is 730. The second-order valence-electron chi connectivity index (χ2n) is 5.47. The molecule has 0 spiro atoms. The van der Waals surface area contributed by atoms with Gasteiger partial charge < -0.3 is 9.64 Å². The zero-order valence-electron chi connectivity index (χ0n) is 12.5. The van der Waals surface area contributed by atoms with E-state index in [2.05, 4.69) is 0 Å². The standard InChI is InChI=1S/C17H15ClF3NO/c1-23-14-4-2-12-10-22(7-6-11(12)8-14)13-3-5-16(18)15(9-13)17(19,20)21/h2-5,8-9H,6-7,10H2,1H3. The van der Waals surface area contributed by atoms with Crippen LogP contribution in [0.1, 0.15) is 16.7 Å². The van der Waals surface area contributed by atoms with Crippen molar-refractivity contribution in [2.75, 3.05) is 18.6 Å². The first-order chi connectivity index (χ1) is 10.9. The van der Waals surface area contributed by atoms with Crippen molar-refractivity contribution >= 4 is 17.3 Å². The summed E-state index contributed by atoms with van der Waals surface area (Å²) in [4.78, 5) is 1.93. The van der Waals surface area contributed by atoms with Gasteiger partial charge in [-0.2, -0.15) is 13.2 Å². The molecule has 0 saturated heterocycles. The lowest BCUT2D eigenvalue weighted by Gasteiger charge is -2.31. The Morgan fingerprint density at radius 2 is 1.87 bits per heavy atom. The quantitative estimate of drug-likeness (QED) is 0.768. The van der Waals surface area contributed by atoms with Gasteiger partial charge in [0.15, 0.2) is 0 Å². The molecule has 2 aromatic rings. The van der Waals surface area contributed by atoms with E-state index in [9.17, 15) is 13.2 Å². The number of alkyl halides is 3. The summed E-state index contributed by atoms with van der Waals surface area (Å²) in [6.07, 6.45) is -3.69. The summed E-state index contributed by atoms with van der Waals surface area (Å²) < 4.78 is 44.2. The third kappa shape index (κ3) is 3.24. The summed E-state index contributed by atoms with van der Waals surface area (Å²) in [6, 6.07) is 9.87. The Hall–Kier alpha value is -1.88. The third-order valence-corrected chi connectivity index (χ3v) is 4.38. The number of rotatable bonds is 2. The molecular weight excluding hydrogens is 327 g/mol. The van der Waals surface area contributed by atoms with E-state index in [1.165, 1.54) is 11.6 Å². The molecule has 3 rings (SSSR count). The van der Waals surface area contributed by atoms with Gasteiger partial charge in [-0.1, -0.05) is 17.7 Å². The largest absolute Gasteiger partial charge is 0.497 e. The van der Waals surface area contributed by atoms with Crippen molar-refractivity contribution in [1.29, 1.82) is 0 Å². The van der Waals surface area contributed by atoms with Crippen molar-refractivity contribution < 1.29 is 17.9 Å². The second kappa shape index (κ2) is 5.96. The number of ether oxygens (including phenoxy) is 1. The first kappa shape index (κ1) is 16.0. The van der Waals surface area contributed by atoms with E-state index in [0.29, 0.717) is 18.8 Å². The van der Waals surface area contributed by atoms with Crippen molar-refractivity contribution in [1.82, 2.24) is 0 Å². The number of methoxy groups -OCH3 is 1. The van der Waals surface area contributed by atoms with Crippen LogP contribution in [0, 0.1) is 0 Å². The molecule has 0 unspecified atom stereocenters. The van der Waals surface area contributed by atoms with Crippen LogP contribution in [0.15, 0.2) is 36.4 Å². The number of hydrogen-bond acceptors (Lipinski definition) is 2. The van der Waals surface area contributed by atoms with Gasteiger partial charge >= 0.3 is 6.18 Å². The fraction of sp³-hybridized carbons (Fsp3) is 0.294. The molecule has 23 heavy (non-hydrogen) atoms. The Labute approximate surface area is 137 Å². The smallest absolute Gasteiger partial charge is 0.417 e. The lowest BCUT2D eigenvalue weighted by atomic mass is 9.98. The molecule has 2 aromatic carbocycles. The molecule has 0 bridgehead atoms. The van der Waals surface area contributed by atoms with Crippen LogP contribution in [0.2, 0.25) is 5.02 Å². The van der Waals surface area contributed by atoms with E-state index >= 15 is 0 Å². The average Bonchev–Trinajstić information content (AvgIpc) is 2.53. The Morgan fingerprint density at radius 3 is 2.57 bits per heavy atom. The molecule has 0 aliphatic carbocycles. The number of benzene rings is 2. The second-order valence-corrected chi connectivity index (χ2v) is 5.88. The van der Waals surface area contributed by atoms with Crippen molar-refractivity contribution in [3.05, 3.63) is 58.1 Å². The van der Waals surface area contributed by atoms with Crippen LogP contribution in [0.25, 0.3) is 0 Å². The Kier molecular flexibility index (Phi) is 4.15. The third-order valence-electron chi connectivity index (χ3n) is 4.05. The average molecular weight is 342 g/mol. The van der Waals surface area contributed by atoms with E-state index in [1.807, 2.05) is 23.1 Å². The highest BCUT2D eigenvalue weighted by Crippen LogP contribution is 2.38. The molecule has 0 atom stereocenters. The maximum absolute atomic E-state index is 13.0. The molecule has 1 aliphatic heterocycles. The molecule has 0 aromatic heterocycles. The zero-order valence-corrected chi connectivity index (χ0v) is 13.2. The van der Waals surface area contributed by atoms with Crippen molar-refractivity contribution in [3.63, 3.8) is 0 Å². The summed E-state index contributed by atoms with van der Waals surface area (Å²) in [5.41, 5.74) is 2.01. The highest BCUT2D eigenvalue weighted by molar-refractivity contribution is 6.31. The fourth-order valence-electron chi connectivity index (χ4n) is 2.80. The van der Waals surface area contributed by atoms with Gasteiger partial charge in [0.05, 0.1) is 17.7 Å². The molecule has 6 heteroatoms. The van der Waals surface area contributed by atoms with Gasteiger partial charge in [-0.3, -0.25) is 0 Å².